The number of hydrazine groups is 1. The van der Waals surface area contributed by atoms with Gasteiger partial charge < -0.3 is 5.84 Å². The van der Waals surface area contributed by atoms with Crippen molar-refractivity contribution >= 4 is 0 Å². The molecule has 0 aromatic heterocycles. The molecule has 0 fully saturated rings. The molecule has 0 spiro atoms. The van der Waals surface area contributed by atoms with Crippen LogP contribution in [0, 0.1) is 0 Å². The van der Waals surface area contributed by atoms with Crippen LogP contribution < -0.4 is 17.1 Å². The first-order valence-corrected chi connectivity index (χ1v) is 4.92. The van der Waals surface area contributed by atoms with Crippen LogP contribution in [0.4, 0.5) is 0 Å². The highest BCUT2D eigenvalue weighted by atomic mass is 15.3. The van der Waals surface area contributed by atoms with Crippen LogP contribution in [0.1, 0.15) is 38.5 Å². The summed E-state index contributed by atoms with van der Waals surface area (Å²) in [4.78, 5) is 0. The summed E-state index contributed by atoms with van der Waals surface area (Å²) in [6.45, 7) is 1.68. The molecule has 0 heterocycles. The Hall–Kier alpha value is -0.680. The van der Waals surface area contributed by atoms with Gasteiger partial charge in [0.1, 0.15) is 0 Å². The Labute approximate surface area is 79.9 Å². The number of hydrogen-bond donors (Lipinski definition) is 3. The third-order valence-electron chi connectivity index (χ3n) is 1.91. The molecule has 5 N–H and O–H groups in total. The Balaban J connectivity index is 2.83. The van der Waals surface area contributed by atoms with E-state index in [4.69, 9.17) is 11.7 Å². The van der Waals surface area contributed by atoms with E-state index in [1.807, 2.05) is 0 Å². The largest absolute Gasteiger partial charge is 0.305 e. The van der Waals surface area contributed by atoms with Gasteiger partial charge >= 0.3 is 0 Å². The molecule has 0 rings (SSSR count). The number of nitrogens with zero attached hydrogens (tertiary/aromatic N) is 2. The predicted octanol–water partition coefficient (Wildman–Crippen LogP) is 1.12. The first-order valence-electron chi connectivity index (χ1n) is 4.92. The molecule has 0 aliphatic carbocycles. The van der Waals surface area contributed by atoms with E-state index in [1.54, 1.807) is 0 Å². The summed E-state index contributed by atoms with van der Waals surface area (Å²) in [5.41, 5.74) is 2.65. The Morgan fingerprint density at radius 2 is 1.54 bits per heavy atom. The minimum Gasteiger partial charge on any atom is -0.305 e. The van der Waals surface area contributed by atoms with E-state index < -0.39 is 0 Å². The summed E-state index contributed by atoms with van der Waals surface area (Å²) in [5, 5.41) is 6.89. The van der Waals surface area contributed by atoms with E-state index in [2.05, 4.69) is 15.8 Å². The second kappa shape index (κ2) is 11.3. The smallest absolute Gasteiger partial charge is 0.0620 e. The molecule has 0 aromatic rings. The molecule has 78 valence electrons. The summed E-state index contributed by atoms with van der Waals surface area (Å²) < 4.78 is 0. The van der Waals surface area contributed by atoms with Crippen LogP contribution in [0.25, 0.3) is 0 Å². The van der Waals surface area contributed by atoms with Gasteiger partial charge in [0.15, 0.2) is 0 Å². The van der Waals surface area contributed by atoms with Crippen LogP contribution in [0.5, 0.6) is 0 Å². The molecular formula is C8H21N5. The molecule has 0 unspecified atom stereocenters. The van der Waals surface area contributed by atoms with E-state index in [0.717, 1.165) is 19.5 Å². The zero-order valence-corrected chi connectivity index (χ0v) is 8.21. The van der Waals surface area contributed by atoms with Gasteiger partial charge in [-0.3, -0.25) is 11.3 Å². The molecule has 0 radical (unpaired) electrons. The van der Waals surface area contributed by atoms with Crippen LogP contribution in [0.15, 0.2) is 10.3 Å². The minimum atomic E-state index is 0.765. The van der Waals surface area contributed by atoms with Crippen molar-refractivity contribution < 1.29 is 0 Å². The summed E-state index contributed by atoms with van der Waals surface area (Å²) >= 11 is 0. The molecule has 0 atom stereocenters. The summed E-state index contributed by atoms with van der Waals surface area (Å²) in [7, 11) is 0. The van der Waals surface area contributed by atoms with Crippen molar-refractivity contribution in [2.24, 2.45) is 22.0 Å². The van der Waals surface area contributed by atoms with Crippen molar-refractivity contribution in [3.63, 3.8) is 0 Å². The maximum atomic E-state index is 5.14. The Morgan fingerprint density at radius 1 is 0.923 bits per heavy atom. The van der Waals surface area contributed by atoms with Crippen molar-refractivity contribution in [2.75, 3.05) is 13.1 Å². The second-order valence-electron chi connectivity index (χ2n) is 3.06. The van der Waals surface area contributed by atoms with Crippen molar-refractivity contribution in [2.45, 2.75) is 38.5 Å². The van der Waals surface area contributed by atoms with Crippen molar-refractivity contribution in [3.05, 3.63) is 0 Å². The quantitative estimate of drug-likeness (QED) is 0.219. The van der Waals surface area contributed by atoms with Gasteiger partial charge in [0.2, 0.25) is 0 Å². The molecule has 0 aliphatic rings. The van der Waals surface area contributed by atoms with Crippen molar-refractivity contribution in [3.8, 4) is 0 Å². The lowest BCUT2D eigenvalue weighted by Gasteiger charge is -1.99. The maximum Gasteiger partial charge on any atom is 0.0620 e. The van der Waals surface area contributed by atoms with E-state index in [0.29, 0.717) is 0 Å². The highest BCUT2D eigenvalue weighted by Gasteiger charge is 1.90. The zero-order chi connectivity index (χ0) is 9.78. The van der Waals surface area contributed by atoms with E-state index in [1.165, 1.54) is 32.1 Å². The Kier molecular flexibility index (Phi) is 10.7. The average molecular weight is 187 g/mol. The highest BCUT2D eigenvalue weighted by Crippen LogP contribution is 2.04. The van der Waals surface area contributed by atoms with Crippen molar-refractivity contribution in [1.29, 1.82) is 0 Å². The number of nitrogens with one attached hydrogen (secondary N) is 1. The third-order valence-corrected chi connectivity index (χ3v) is 1.91. The molecule has 5 heteroatoms. The van der Waals surface area contributed by atoms with Gasteiger partial charge in [-0.25, -0.2) is 0 Å². The zero-order valence-electron chi connectivity index (χ0n) is 8.21. The van der Waals surface area contributed by atoms with Crippen LogP contribution >= 0.6 is 0 Å². The monoisotopic (exact) mass is 187 g/mol. The van der Waals surface area contributed by atoms with E-state index in [9.17, 15) is 0 Å². The molecule has 13 heavy (non-hydrogen) atoms. The molecule has 0 saturated carbocycles. The second-order valence-corrected chi connectivity index (χ2v) is 3.06. The predicted molar refractivity (Wildman–Crippen MR) is 53.8 cm³/mol. The Morgan fingerprint density at radius 3 is 2.15 bits per heavy atom. The SMILES string of the molecule is NN=NCCCCCCCCNN. The number of hydrogen-bond acceptors (Lipinski definition) is 4. The van der Waals surface area contributed by atoms with Gasteiger partial charge in [0, 0.05) is 6.54 Å². The number of rotatable bonds is 9. The van der Waals surface area contributed by atoms with Gasteiger partial charge in [-0.2, -0.15) is 5.11 Å². The van der Waals surface area contributed by atoms with Gasteiger partial charge in [0.05, 0.1) is 6.54 Å². The summed E-state index contributed by atoms with van der Waals surface area (Å²) in [6.07, 6.45) is 7.28. The first kappa shape index (κ1) is 12.3. The van der Waals surface area contributed by atoms with Crippen LogP contribution in [0.3, 0.4) is 0 Å². The molecule has 0 amide bonds. The first-order chi connectivity index (χ1) is 6.41. The summed E-state index contributed by atoms with van der Waals surface area (Å²) in [6, 6.07) is 0. The third kappa shape index (κ3) is 11.3. The molecule has 0 aliphatic heterocycles. The van der Waals surface area contributed by atoms with Crippen molar-refractivity contribution in [1.82, 2.24) is 5.43 Å². The fourth-order valence-corrected chi connectivity index (χ4v) is 1.17. The fourth-order valence-electron chi connectivity index (χ4n) is 1.17. The fraction of sp³-hybridized carbons (Fsp3) is 1.00. The maximum absolute atomic E-state index is 5.14. The average Bonchev–Trinajstić information content (AvgIpc) is 2.16. The van der Waals surface area contributed by atoms with Crippen LogP contribution in [0.2, 0.25) is 0 Å². The molecular weight excluding hydrogens is 166 g/mol. The lowest BCUT2D eigenvalue weighted by atomic mass is 10.1. The number of nitrogens with two attached hydrogens (primary N) is 2. The normalized spacial score (nSPS) is 11.2. The van der Waals surface area contributed by atoms with E-state index >= 15 is 0 Å². The van der Waals surface area contributed by atoms with Gasteiger partial charge in [-0.05, 0) is 12.8 Å². The van der Waals surface area contributed by atoms with Crippen LogP contribution in [-0.4, -0.2) is 13.1 Å². The van der Waals surface area contributed by atoms with Gasteiger partial charge in [0.25, 0.3) is 0 Å². The molecule has 0 bridgehead atoms. The van der Waals surface area contributed by atoms with Gasteiger partial charge in [-0.15, -0.1) is 0 Å². The minimum absolute atomic E-state index is 0.765. The van der Waals surface area contributed by atoms with Crippen LogP contribution in [-0.2, 0) is 0 Å². The molecule has 5 nitrogen and oxygen atoms in total. The number of unbranched alkanes of at least 4 members (excludes halogenated alkanes) is 5. The summed E-state index contributed by atoms with van der Waals surface area (Å²) in [5.74, 6) is 10.0. The highest BCUT2D eigenvalue weighted by molar-refractivity contribution is 4.47. The Bertz CT molecular complexity index is 115. The molecule has 0 aromatic carbocycles. The van der Waals surface area contributed by atoms with Gasteiger partial charge in [-0.1, -0.05) is 30.9 Å². The molecule has 0 saturated heterocycles. The topological polar surface area (TPSA) is 88.8 Å². The lowest BCUT2D eigenvalue weighted by Crippen LogP contribution is -2.22. The standard InChI is InChI=1S/C8H21N5/c9-11-7-5-3-1-2-4-6-8-12-13-10/h11H,1-9H2,(H2,10,12). The lowest BCUT2D eigenvalue weighted by molar-refractivity contribution is 0.572. The van der Waals surface area contributed by atoms with E-state index in [-0.39, 0.29) is 0 Å².